The van der Waals surface area contributed by atoms with Crippen LogP contribution in [0.15, 0.2) is 42.7 Å². The highest BCUT2D eigenvalue weighted by atomic mass is 16.2. The van der Waals surface area contributed by atoms with Crippen LogP contribution in [0.4, 0.5) is 5.69 Å². The number of carbonyl (C=O) groups excluding carboxylic acids is 1. The Balaban J connectivity index is 2.04. The number of hydrogen-bond donors (Lipinski definition) is 2. The quantitative estimate of drug-likeness (QED) is 0.856. The summed E-state index contributed by atoms with van der Waals surface area (Å²) in [5.41, 5.74) is 7.34. The van der Waals surface area contributed by atoms with E-state index in [1.165, 1.54) is 0 Å². The zero-order chi connectivity index (χ0) is 13.0. The van der Waals surface area contributed by atoms with Crippen LogP contribution in [0.1, 0.15) is 18.5 Å². The molecule has 0 bridgehead atoms. The lowest BCUT2D eigenvalue weighted by Gasteiger charge is -2.11. The number of aryl methyl sites for hydroxylation is 1. The van der Waals surface area contributed by atoms with Crippen molar-refractivity contribution in [2.45, 2.75) is 19.5 Å². The van der Waals surface area contributed by atoms with E-state index in [1.807, 2.05) is 37.3 Å². The molecule has 0 aliphatic heterocycles. The van der Waals surface area contributed by atoms with E-state index >= 15 is 0 Å². The Labute approximate surface area is 106 Å². The Morgan fingerprint density at radius 1 is 1.44 bits per heavy atom. The van der Waals surface area contributed by atoms with E-state index in [1.54, 1.807) is 17.1 Å². The lowest BCUT2D eigenvalue weighted by Crippen LogP contribution is -2.27. The molecule has 1 atom stereocenters. The van der Waals surface area contributed by atoms with Crippen LogP contribution in [0, 0.1) is 0 Å². The molecule has 5 nitrogen and oxygen atoms in total. The van der Waals surface area contributed by atoms with Crippen LogP contribution in [0.25, 0.3) is 0 Å². The van der Waals surface area contributed by atoms with E-state index in [2.05, 4.69) is 10.4 Å². The molecular formula is C13H16N4O. The van der Waals surface area contributed by atoms with Crippen molar-refractivity contribution in [2.75, 3.05) is 5.32 Å². The molecule has 18 heavy (non-hydrogen) atoms. The van der Waals surface area contributed by atoms with Crippen molar-refractivity contribution >= 4 is 11.6 Å². The standard InChI is InChI=1S/C13H16N4O/c1-2-17-9-11(8-15-17)16-13(18)12(14)10-6-4-3-5-7-10/h3-9,12H,2,14H2,1H3,(H,16,18)/t12-/m1/s1. The Kier molecular flexibility index (Phi) is 3.74. The number of benzene rings is 1. The number of hydrogen-bond acceptors (Lipinski definition) is 3. The van der Waals surface area contributed by atoms with Gasteiger partial charge in [0.1, 0.15) is 6.04 Å². The van der Waals surface area contributed by atoms with Gasteiger partial charge in [-0.25, -0.2) is 0 Å². The molecule has 5 heteroatoms. The van der Waals surface area contributed by atoms with Crippen LogP contribution in [0.3, 0.4) is 0 Å². The van der Waals surface area contributed by atoms with Gasteiger partial charge in [0.05, 0.1) is 11.9 Å². The minimum atomic E-state index is -0.670. The maximum absolute atomic E-state index is 11.9. The lowest BCUT2D eigenvalue weighted by atomic mass is 10.1. The van der Waals surface area contributed by atoms with Crippen LogP contribution >= 0.6 is 0 Å². The molecule has 3 N–H and O–H groups in total. The molecule has 0 unspecified atom stereocenters. The minimum absolute atomic E-state index is 0.239. The average molecular weight is 244 g/mol. The van der Waals surface area contributed by atoms with E-state index in [0.717, 1.165) is 12.1 Å². The third-order valence-electron chi connectivity index (χ3n) is 2.67. The van der Waals surface area contributed by atoms with Gasteiger partial charge in [-0.3, -0.25) is 9.48 Å². The Morgan fingerprint density at radius 3 is 2.78 bits per heavy atom. The normalized spacial score (nSPS) is 12.1. The first-order chi connectivity index (χ1) is 8.70. The van der Waals surface area contributed by atoms with Crippen molar-refractivity contribution < 1.29 is 4.79 Å². The number of nitrogens with one attached hydrogen (secondary N) is 1. The summed E-state index contributed by atoms with van der Waals surface area (Å²) >= 11 is 0. The summed E-state index contributed by atoms with van der Waals surface area (Å²) in [6.45, 7) is 2.74. The molecular weight excluding hydrogens is 228 g/mol. The second-order valence-electron chi connectivity index (χ2n) is 3.96. The number of nitrogens with zero attached hydrogens (tertiary/aromatic N) is 2. The van der Waals surface area contributed by atoms with Crippen LogP contribution < -0.4 is 11.1 Å². The SMILES string of the molecule is CCn1cc(NC(=O)[C@H](N)c2ccccc2)cn1. The number of anilines is 1. The molecule has 0 saturated heterocycles. The second-order valence-corrected chi connectivity index (χ2v) is 3.96. The molecule has 0 aliphatic carbocycles. The van der Waals surface area contributed by atoms with Gasteiger partial charge < -0.3 is 11.1 Å². The van der Waals surface area contributed by atoms with Gasteiger partial charge in [-0.15, -0.1) is 0 Å². The van der Waals surface area contributed by atoms with Crippen LogP contribution in [0.2, 0.25) is 0 Å². The van der Waals surface area contributed by atoms with E-state index in [9.17, 15) is 4.79 Å². The lowest BCUT2D eigenvalue weighted by molar-refractivity contribution is -0.117. The van der Waals surface area contributed by atoms with Crippen molar-refractivity contribution in [3.63, 3.8) is 0 Å². The van der Waals surface area contributed by atoms with Gasteiger partial charge in [0.25, 0.3) is 0 Å². The number of carbonyl (C=O) groups is 1. The van der Waals surface area contributed by atoms with Crippen LogP contribution in [-0.4, -0.2) is 15.7 Å². The fraction of sp³-hybridized carbons (Fsp3) is 0.231. The summed E-state index contributed by atoms with van der Waals surface area (Å²) in [6.07, 6.45) is 3.38. The largest absolute Gasteiger partial charge is 0.322 e. The highest BCUT2D eigenvalue weighted by molar-refractivity contribution is 5.95. The molecule has 0 fully saturated rings. The number of rotatable bonds is 4. The van der Waals surface area contributed by atoms with Gasteiger partial charge in [0.15, 0.2) is 0 Å². The smallest absolute Gasteiger partial charge is 0.245 e. The second kappa shape index (κ2) is 5.46. The summed E-state index contributed by atoms with van der Waals surface area (Å²) in [6, 6.07) is 8.60. The molecule has 2 aromatic rings. The number of aromatic nitrogens is 2. The van der Waals surface area contributed by atoms with Crippen molar-refractivity contribution in [1.29, 1.82) is 0 Å². The predicted octanol–water partition coefficient (Wildman–Crippen LogP) is 1.54. The first kappa shape index (κ1) is 12.3. The first-order valence-electron chi connectivity index (χ1n) is 5.84. The summed E-state index contributed by atoms with van der Waals surface area (Å²) in [7, 11) is 0. The predicted molar refractivity (Wildman–Crippen MR) is 69.9 cm³/mol. The summed E-state index contributed by atoms with van der Waals surface area (Å²) < 4.78 is 1.74. The maximum Gasteiger partial charge on any atom is 0.245 e. The van der Waals surface area contributed by atoms with Gasteiger partial charge in [0.2, 0.25) is 5.91 Å². The molecule has 0 radical (unpaired) electrons. The first-order valence-corrected chi connectivity index (χ1v) is 5.84. The highest BCUT2D eigenvalue weighted by Crippen LogP contribution is 2.13. The Bertz CT molecular complexity index is 521. The van der Waals surface area contributed by atoms with Crippen molar-refractivity contribution in [2.24, 2.45) is 5.73 Å². The summed E-state index contributed by atoms with van der Waals surface area (Å²) in [5.74, 6) is -0.239. The zero-order valence-corrected chi connectivity index (χ0v) is 10.2. The molecule has 2 rings (SSSR count). The number of nitrogens with two attached hydrogens (primary N) is 1. The summed E-state index contributed by atoms with van der Waals surface area (Å²) in [5, 5.41) is 6.83. The van der Waals surface area contributed by atoms with E-state index in [0.29, 0.717) is 5.69 Å². The average Bonchev–Trinajstić information content (AvgIpc) is 2.86. The van der Waals surface area contributed by atoms with Crippen molar-refractivity contribution in [3.05, 3.63) is 48.3 Å². The Morgan fingerprint density at radius 2 is 2.17 bits per heavy atom. The molecule has 1 amide bonds. The van der Waals surface area contributed by atoms with Gasteiger partial charge in [-0.2, -0.15) is 5.10 Å². The number of amides is 1. The topological polar surface area (TPSA) is 72.9 Å². The van der Waals surface area contributed by atoms with Crippen LogP contribution in [-0.2, 0) is 11.3 Å². The van der Waals surface area contributed by atoms with E-state index < -0.39 is 6.04 Å². The van der Waals surface area contributed by atoms with Crippen molar-refractivity contribution in [1.82, 2.24) is 9.78 Å². The third kappa shape index (κ3) is 2.75. The van der Waals surface area contributed by atoms with Gasteiger partial charge >= 0.3 is 0 Å². The zero-order valence-electron chi connectivity index (χ0n) is 10.2. The van der Waals surface area contributed by atoms with E-state index in [4.69, 9.17) is 5.73 Å². The van der Waals surface area contributed by atoms with Crippen LogP contribution in [0.5, 0.6) is 0 Å². The fourth-order valence-corrected chi connectivity index (χ4v) is 1.63. The molecule has 0 spiro atoms. The van der Waals surface area contributed by atoms with Gasteiger partial charge in [0, 0.05) is 12.7 Å². The minimum Gasteiger partial charge on any atom is -0.322 e. The van der Waals surface area contributed by atoms with Gasteiger partial charge in [-0.05, 0) is 12.5 Å². The molecule has 1 heterocycles. The third-order valence-corrected chi connectivity index (χ3v) is 2.67. The summed E-state index contributed by atoms with van der Waals surface area (Å²) in [4.78, 5) is 11.9. The molecule has 0 saturated carbocycles. The maximum atomic E-state index is 11.9. The molecule has 0 aliphatic rings. The van der Waals surface area contributed by atoms with Gasteiger partial charge in [-0.1, -0.05) is 30.3 Å². The fourth-order valence-electron chi connectivity index (χ4n) is 1.63. The highest BCUT2D eigenvalue weighted by Gasteiger charge is 2.15. The van der Waals surface area contributed by atoms with Crippen molar-refractivity contribution in [3.8, 4) is 0 Å². The Hall–Kier alpha value is -2.14. The monoisotopic (exact) mass is 244 g/mol. The van der Waals surface area contributed by atoms with E-state index in [-0.39, 0.29) is 5.91 Å². The molecule has 94 valence electrons. The molecule has 1 aromatic heterocycles. The molecule has 1 aromatic carbocycles.